The number of amides is 1. The van der Waals surface area contributed by atoms with E-state index in [4.69, 9.17) is 10.8 Å². The van der Waals surface area contributed by atoms with Crippen molar-refractivity contribution in [2.75, 3.05) is 39.3 Å². The van der Waals surface area contributed by atoms with Crippen molar-refractivity contribution in [3.05, 3.63) is 41.0 Å². The molecule has 1 aliphatic heterocycles. The number of allylic oxidation sites excluding steroid dienone is 2. The van der Waals surface area contributed by atoms with Crippen LogP contribution in [0.1, 0.15) is 54.6 Å². The second kappa shape index (κ2) is 8.55. The summed E-state index contributed by atoms with van der Waals surface area (Å²) in [6.45, 7) is 10.5. The number of rotatable bonds is 6. The van der Waals surface area contributed by atoms with E-state index >= 15 is 0 Å². The van der Waals surface area contributed by atoms with Gasteiger partial charge in [-0.05, 0) is 53.5 Å². The van der Waals surface area contributed by atoms with Crippen LogP contribution in [0, 0.1) is 5.41 Å². The maximum atomic E-state index is 11.9. The molecule has 0 radical (unpaired) electrons. The quantitative estimate of drug-likeness (QED) is 0.806. The molecular formula is C22H33N3O2. The van der Waals surface area contributed by atoms with Crippen LogP contribution in [0.4, 0.5) is 0 Å². The number of benzene rings is 1. The van der Waals surface area contributed by atoms with Gasteiger partial charge < -0.3 is 10.8 Å². The van der Waals surface area contributed by atoms with E-state index in [0.29, 0.717) is 11.0 Å². The molecule has 2 aliphatic rings. The second-order valence-corrected chi connectivity index (χ2v) is 8.68. The van der Waals surface area contributed by atoms with Crippen molar-refractivity contribution in [2.24, 2.45) is 11.1 Å². The molecule has 1 aromatic rings. The van der Waals surface area contributed by atoms with Gasteiger partial charge >= 0.3 is 0 Å². The molecule has 1 heterocycles. The lowest BCUT2D eigenvalue weighted by Crippen LogP contribution is -2.46. The van der Waals surface area contributed by atoms with E-state index in [9.17, 15) is 4.79 Å². The third kappa shape index (κ3) is 5.18. The van der Waals surface area contributed by atoms with Crippen molar-refractivity contribution in [2.45, 2.75) is 39.7 Å². The van der Waals surface area contributed by atoms with Crippen LogP contribution in [0.25, 0.3) is 5.57 Å². The van der Waals surface area contributed by atoms with Crippen LogP contribution in [0.2, 0.25) is 0 Å². The van der Waals surface area contributed by atoms with Gasteiger partial charge in [-0.15, -0.1) is 0 Å². The van der Waals surface area contributed by atoms with Crippen LogP contribution >= 0.6 is 0 Å². The Morgan fingerprint density at radius 2 is 1.89 bits per heavy atom. The minimum atomic E-state index is -0.347. The van der Waals surface area contributed by atoms with Crippen LogP contribution < -0.4 is 5.73 Å². The fraction of sp³-hybridized carbons (Fsp3) is 0.591. The molecule has 0 spiro atoms. The predicted molar refractivity (Wildman–Crippen MR) is 109 cm³/mol. The molecular weight excluding hydrogens is 338 g/mol. The normalized spacial score (nSPS) is 21.1. The molecule has 0 unspecified atom stereocenters. The minimum absolute atomic E-state index is 0.226. The summed E-state index contributed by atoms with van der Waals surface area (Å²) in [6, 6.07) is 6.11. The molecule has 5 nitrogen and oxygen atoms in total. The Hall–Kier alpha value is -1.69. The first kappa shape index (κ1) is 20.1. The van der Waals surface area contributed by atoms with Crippen molar-refractivity contribution in [3.63, 3.8) is 0 Å². The summed E-state index contributed by atoms with van der Waals surface area (Å²) >= 11 is 0. The number of primary amides is 1. The number of aliphatic hydroxyl groups is 1. The highest BCUT2D eigenvalue weighted by Gasteiger charge is 2.24. The molecule has 1 aromatic carbocycles. The van der Waals surface area contributed by atoms with Crippen LogP contribution in [-0.2, 0) is 6.54 Å². The van der Waals surface area contributed by atoms with Crippen molar-refractivity contribution in [1.82, 2.24) is 9.80 Å². The number of nitrogens with zero attached hydrogens (tertiary/aromatic N) is 2. The van der Waals surface area contributed by atoms with Gasteiger partial charge in [-0.3, -0.25) is 14.6 Å². The molecule has 0 saturated carbocycles. The van der Waals surface area contributed by atoms with E-state index in [2.05, 4.69) is 35.8 Å². The zero-order chi connectivity index (χ0) is 19.4. The third-order valence-corrected chi connectivity index (χ3v) is 5.95. The van der Waals surface area contributed by atoms with E-state index in [1.807, 2.05) is 12.1 Å². The highest BCUT2D eigenvalue weighted by atomic mass is 16.3. The zero-order valence-electron chi connectivity index (χ0n) is 16.7. The topological polar surface area (TPSA) is 69.8 Å². The molecule has 0 bridgehead atoms. The molecule has 148 valence electrons. The maximum absolute atomic E-state index is 11.9. The van der Waals surface area contributed by atoms with Crippen LogP contribution in [-0.4, -0.2) is 60.1 Å². The monoisotopic (exact) mass is 371 g/mol. The number of carbonyl (C=O) groups is 1. The van der Waals surface area contributed by atoms with Crippen molar-refractivity contribution in [3.8, 4) is 0 Å². The summed E-state index contributed by atoms with van der Waals surface area (Å²) in [6.07, 6.45) is 5.46. The average Bonchev–Trinajstić information content (AvgIpc) is 2.63. The minimum Gasteiger partial charge on any atom is -0.395 e. The number of carbonyl (C=O) groups excluding carboxylic acids is 1. The van der Waals surface area contributed by atoms with Gasteiger partial charge in [-0.25, -0.2) is 0 Å². The number of piperazine rings is 1. The lowest BCUT2D eigenvalue weighted by Gasteiger charge is -2.34. The van der Waals surface area contributed by atoms with Gasteiger partial charge in [-0.1, -0.05) is 26.0 Å². The van der Waals surface area contributed by atoms with Crippen molar-refractivity contribution >= 4 is 11.5 Å². The molecule has 1 fully saturated rings. The Morgan fingerprint density at radius 3 is 2.48 bits per heavy atom. The standard InChI is InChI=1S/C22H33N3O2/c1-22(2)7-5-18(6-8-22)20-15-17(3-4-19(20)21(23)27)16-25-11-9-24(10-12-25)13-14-26/h3-5,15,26H,6-14,16H2,1-2H3,(H2,23,27). The first-order valence-corrected chi connectivity index (χ1v) is 10.1. The van der Waals surface area contributed by atoms with Gasteiger partial charge in [-0.2, -0.15) is 0 Å². The van der Waals surface area contributed by atoms with Gasteiger partial charge in [0, 0.05) is 44.8 Å². The highest BCUT2D eigenvalue weighted by Crippen LogP contribution is 2.39. The summed E-state index contributed by atoms with van der Waals surface area (Å²) in [5, 5.41) is 9.08. The molecule has 3 rings (SSSR count). The SMILES string of the molecule is CC1(C)CC=C(c2cc(CN3CCN(CCO)CC3)ccc2C(N)=O)CC1. The van der Waals surface area contributed by atoms with Crippen LogP contribution in [0.3, 0.4) is 0 Å². The molecule has 3 N–H and O–H groups in total. The molecule has 27 heavy (non-hydrogen) atoms. The molecule has 0 atom stereocenters. The largest absolute Gasteiger partial charge is 0.395 e. The van der Waals surface area contributed by atoms with Gasteiger partial charge in [0.05, 0.1) is 6.61 Å². The van der Waals surface area contributed by atoms with E-state index in [0.717, 1.165) is 64.1 Å². The molecule has 1 amide bonds. The molecule has 1 aliphatic carbocycles. The second-order valence-electron chi connectivity index (χ2n) is 8.68. The van der Waals surface area contributed by atoms with E-state index in [-0.39, 0.29) is 12.5 Å². The van der Waals surface area contributed by atoms with Gasteiger partial charge in [0.25, 0.3) is 0 Å². The van der Waals surface area contributed by atoms with E-state index < -0.39 is 0 Å². The lowest BCUT2D eigenvalue weighted by atomic mass is 9.76. The summed E-state index contributed by atoms with van der Waals surface area (Å²) in [7, 11) is 0. The molecule has 5 heteroatoms. The Labute approximate surface area is 162 Å². The van der Waals surface area contributed by atoms with Crippen LogP contribution in [0.15, 0.2) is 24.3 Å². The van der Waals surface area contributed by atoms with E-state index in [1.54, 1.807) is 0 Å². The number of β-amino-alcohol motifs (C(OH)–C–C–N with tert-alkyl or cyclic N) is 1. The first-order chi connectivity index (χ1) is 12.9. The van der Waals surface area contributed by atoms with Crippen molar-refractivity contribution < 1.29 is 9.90 Å². The summed E-state index contributed by atoms with van der Waals surface area (Å²) < 4.78 is 0. The highest BCUT2D eigenvalue weighted by molar-refractivity contribution is 5.98. The maximum Gasteiger partial charge on any atom is 0.249 e. The Morgan fingerprint density at radius 1 is 1.19 bits per heavy atom. The van der Waals surface area contributed by atoms with Gasteiger partial charge in [0.1, 0.15) is 0 Å². The molecule has 0 aromatic heterocycles. The molecule has 1 saturated heterocycles. The predicted octanol–water partition coefficient (Wildman–Crippen LogP) is 2.49. The number of aliphatic hydroxyl groups excluding tert-OH is 1. The third-order valence-electron chi connectivity index (χ3n) is 5.95. The number of hydrogen-bond acceptors (Lipinski definition) is 4. The van der Waals surface area contributed by atoms with Gasteiger partial charge in [0.2, 0.25) is 5.91 Å². The Bertz CT molecular complexity index is 704. The van der Waals surface area contributed by atoms with Gasteiger partial charge in [0.15, 0.2) is 0 Å². The fourth-order valence-electron chi connectivity index (χ4n) is 4.06. The van der Waals surface area contributed by atoms with E-state index in [1.165, 1.54) is 11.1 Å². The summed E-state index contributed by atoms with van der Waals surface area (Å²) in [5.41, 5.74) is 10.1. The fourth-order valence-corrected chi connectivity index (χ4v) is 4.06. The summed E-state index contributed by atoms with van der Waals surface area (Å²) in [5.74, 6) is -0.347. The lowest BCUT2D eigenvalue weighted by molar-refractivity contribution is 0.0999. The first-order valence-electron chi connectivity index (χ1n) is 10.1. The zero-order valence-corrected chi connectivity index (χ0v) is 16.7. The Kier molecular flexibility index (Phi) is 6.35. The smallest absolute Gasteiger partial charge is 0.249 e. The van der Waals surface area contributed by atoms with Crippen molar-refractivity contribution in [1.29, 1.82) is 0 Å². The Balaban J connectivity index is 1.74. The average molecular weight is 372 g/mol. The van der Waals surface area contributed by atoms with Crippen LogP contribution in [0.5, 0.6) is 0 Å². The number of hydrogen-bond donors (Lipinski definition) is 2. The summed E-state index contributed by atoms with van der Waals surface area (Å²) in [4.78, 5) is 16.7. The number of nitrogens with two attached hydrogens (primary N) is 1.